The number of fused-ring (bicyclic) bond motifs is 1. The minimum absolute atomic E-state index is 0. The van der Waals surface area contributed by atoms with Gasteiger partial charge in [0.25, 0.3) is 0 Å². The molecule has 0 saturated heterocycles. The Bertz CT molecular complexity index is 406. The second-order valence-corrected chi connectivity index (χ2v) is 2.75. The molecule has 2 heterocycles. The minimum Gasteiger partial charge on any atom is -0.250 e. The molecule has 0 bridgehead atoms. The van der Waals surface area contributed by atoms with E-state index >= 15 is 0 Å². The van der Waals surface area contributed by atoms with Crippen molar-refractivity contribution in [2.24, 2.45) is 0 Å². The Morgan fingerprint density at radius 2 is 1.92 bits per heavy atom. The minimum atomic E-state index is 0. The first-order chi connectivity index (χ1) is 5.90. The second kappa shape index (κ2) is 4.57. The third-order valence-electron chi connectivity index (χ3n) is 1.40. The number of hydrogen-bond donors (Lipinski definition) is 0. The Kier molecular flexibility index (Phi) is 3.68. The first-order valence-electron chi connectivity index (χ1n) is 3.39. The molecule has 6 heteroatoms. The van der Waals surface area contributed by atoms with E-state index in [2.05, 4.69) is 35.9 Å². The summed E-state index contributed by atoms with van der Waals surface area (Å²) in [5, 5.41) is 0.638. The molecule has 0 unspecified atom stereocenters. The van der Waals surface area contributed by atoms with Crippen LogP contribution in [0, 0.1) is 0 Å². The fraction of sp³-hybridized carbons (Fsp3) is 0.143. The maximum Gasteiger partial charge on any atom is 0.181 e. The summed E-state index contributed by atoms with van der Waals surface area (Å²) in [4.78, 5) is 16.3. The first-order valence-corrected chi connectivity index (χ1v) is 4.51. The maximum atomic E-state index is 4.16. The lowest BCUT2D eigenvalue weighted by Gasteiger charge is -1.95. The molecule has 2 rings (SSSR count). The summed E-state index contributed by atoms with van der Waals surface area (Å²) in [6, 6.07) is 0. The number of aromatic nitrogens is 4. The summed E-state index contributed by atoms with van der Waals surface area (Å²) >= 11 is 3.27. The first kappa shape index (κ1) is 10.5. The molecular weight excluding hydrogens is 300 g/mol. The van der Waals surface area contributed by atoms with Crippen LogP contribution in [-0.4, -0.2) is 19.9 Å². The number of halogens is 2. The molecule has 0 saturated carbocycles. The summed E-state index contributed by atoms with van der Waals surface area (Å²) < 4.78 is 0. The van der Waals surface area contributed by atoms with Gasteiger partial charge < -0.3 is 0 Å². The molecule has 4 nitrogen and oxygen atoms in total. The van der Waals surface area contributed by atoms with Crippen molar-refractivity contribution in [3.63, 3.8) is 0 Å². The summed E-state index contributed by atoms with van der Waals surface area (Å²) in [7, 11) is 0. The molecule has 2 aromatic rings. The highest BCUT2D eigenvalue weighted by atomic mass is 79.9. The second-order valence-electron chi connectivity index (χ2n) is 2.19. The highest BCUT2D eigenvalue weighted by Crippen LogP contribution is 2.04. The van der Waals surface area contributed by atoms with Crippen molar-refractivity contribution in [1.29, 1.82) is 0 Å². The van der Waals surface area contributed by atoms with Gasteiger partial charge in [0.2, 0.25) is 0 Å². The lowest BCUT2D eigenvalue weighted by molar-refractivity contribution is 1.05. The van der Waals surface area contributed by atoms with E-state index in [9.17, 15) is 0 Å². The van der Waals surface area contributed by atoms with Gasteiger partial charge in [-0.25, -0.2) is 19.9 Å². The molecule has 0 radical (unpaired) electrons. The average Bonchev–Trinajstić information content (AvgIpc) is 2.17. The van der Waals surface area contributed by atoms with Gasteiger partial charge in [-0.05, 0) is 0 Å². The molecule has 0 aromatic carbocycles. The lowest BCUT2D eigenvalue weighted by atomic mass is 10.5. The molecule has 13 heavy (non-hydrogen) atoms. The smallest absolute Gasteiger partial charge is 0.181 e. The van der Waals surface area contributed by atoms with Crippen LogP contribution < -0.4 is 0 Å². The zero-order valence-corrected chi connectivity index (χ0v) is 9.81. The van der Waals surface area contributed by atoms with Gasteiger partial charge in [-0.2, -0.15) is 0 Å². The molecular formula is C7H6Br2N4. The van der Waals surface area contributed by atoms with Gasteiger partial charge in [-0.15, -0.1) is 17.0 Å². The van der Waals surface area contributed by atoms with Gasteiger partial charge in [-0.3, -0.25) is 0 Å². The van der Waals surface area contributed by atoms with Crippen LogP contribution in [0.2, 0.25) is 0 Å². The van der Waals surface area contributed by atoms with E-state index in [4.69, 9.17) is 0 Å². The Morgan fingerprint density at radius 3 is 2.69 bits per heavy atom. The van der Waals surface area contributed by atoms with Crippen molar-refractivity contribution in [3.05, 3.63) is 24.4 Å². The Labute approximate surface area is 93.7 Å². The predicted molar refractivity (Wildman–Crippen MR) is 58.1 cm³/mol. The van der Waals surface area contributed by atoms with E-state index < -0.39 is 0 Å². The van der Waals surface area contributed by atoms with Gasteiger partial charge in [0.1, 0.15) is 11.3 Å². The van der Waals surface area contributed by atoms with Crippen molar-refractivity contribution in [1.82, 2.24) is 19.9 Å². The van der Waals surface area contributed by atoms with Crippen LogP contribution in [0.1, 0.15) is 5.82 Å². The monoisotopic (exact) mass is 304 g/mol. The summed E-state index contributed by atoms with van der Waals surface area (Å²) in [6.07, 6.45) is 4.92. The summed E-state index contributed by atoms with van der Waals surface area (Å²) in [6.45, 7) is 0. The lowest BCUT2D eigenvalue weighted by Crippen LogP contribution is -1.93. The normalized spacial score (nSPS) is 9.62. The van der Waals surface area contributed by atoms with Crippen LogP contribution in [0.15, 0.2) is 18.6 Å². The van der Waals surface area contributed by atoms with Gasteiger partial charge in [0.05, 0.1) is 11.5 Å². The standard InChI is InChI=1S/C7H5BrN4.BrH/c8-3-6-11-4-5-7(12-6)10-2-1-9-5;/h1-2,4H,3H2;1H. The maximum absolute atomic E-state index is 4.16. The number of nitrogens with zero attached hydrogens (tertiary/aromatic N) is 4. The van der Waals surface area contributed by atoms with E-state index in [0.717, 1.165) is 11.3 Å². The third kappa shape index (κ3) is 2.19. The van der Waals surface area contributed by atoms with Crippen LogP contribution in [0.25, 0.3) is 11.2 Å². The zero-order chi connectivity index (χ0) is 8.39. The van der Waals surface area contributed by atoms with Gasteiger partial charge in [0.15, 0.2) is 5.65 Å². The molecule has 0 N–H and O–H groups in total. The van der Waals surface area contributed by atoms with E-state index in [1.807, 2.05) is 0 Å². The summed E-state index contributed by atoms with van der Waals surface area (Å²) in [5.74, 6) is 0.725. The SMILES string of the molecule is Br.BrCc1ncc2nccnc2n1. The number of alkyl halides is 1. The van der Waals surface area contributed by atoms with Crippen LogP contribution in [0.3, 0.4) is 0 Å². The van der Waals surface area contributed by atoms with Crippen LogP contribution in [0.4, 0.5) is 0 Å². The third-order valence-corrected chi connectivity index (χ3v) is 1.90. The molecule has 0 fully saturated rings. The van der Waals surface area contributed by atoms with E-state index in [1.165, 1.54) is 0 Å². The van der Waals surface area contributed by atoms with Crippen molar-refractivity contribution in [2.45, 2.75) is 5.33 Å². The highest BCUT2D eigenvalue weighted by molar-refractivity contribution is 9.08. The van der Waals surface area contributed by atoms with Crippen molar-refractivity contribution < 1.29 is 0 Å². The highest BCUT2D eigenvalue weighted by Gasteiger charge is 1.98. The fourth-order valence-corrected chi connectivity index (χ4v) is 1.14. The van der Waals surface area contributed by atoms with E-state index in [-0.39, 0.29) is 17.0 Å². The van der Waals surface area contributed by atoms with E-state index in [0.29, 0.717) is 11.0 Å². The fourth-order valence-electron chi connectivity index (χ4n) is 0.870. The zero-order valence-electron chi connectivity index (χ0n) is 6.51. The van der Waals surface area contributed by atoms with Crippen molar-refractivity contribution in [2.75, 3.05) is 0 Å². The largest absolute Gasteiger partial charge is 0.250 e. The Hall–Kier alpha value is -0.620. The average molecular weight is 306 g/mol. The van der Waals surface area contributed by atoms with Crippen molar-refractivity contribution >= 4 is 44.1 Å². The summed E-state index contributed by atoms with van der Waals surface area (Å²) in [5.41, 5.74) is 1.36. The van der Waals surface area contributed by atoms with Crippen LogP contribution >= 0.6 is 32.9 Å². The number of hydrogen-bond acceptors (Lipinski definition) is 4. The molecule has 0 aliphatic carbocycles. The quantitative estimate of drug-likeness (QED) is 0.755. The van der Waals surface area contributed by atoms with Gasteiger partial charge >= 0.3 is 0 Å². The molecule has 2 aromatic heterocycles. The molecule has 0 aliphatic rings. The van der Waals surface area contributed by atoms with Crippen LogP contribution in [0.5, 0.6) is 0 Å². The molecule has 0 amide bonds. The van der Waals surface area contributed by atoms with Crippen molar-refractivity contribution in [3.8, 4) is 0 Å². The van der Waals surface area contributed by atoms with E-state index in [1.54, 1.807) is 18.6 Å². The predicted octanol–water partition coefficient (Wildman–Crippen LogP) is 1.89. The molecule has 0 spiro atoms. The Morgan fingerprint density at radius 1 is 1.15 bits per heavy atom. The topological polar surface area (TPSA) is 51.6 Å². The molecule has 68 valence electrons. The van der Waals surface area contributed by atoms with Gasteiger partial charge in [-0.1, -0.05) is 15.9 Å². The van der Waals surface area contributed by atoms with Crippen LogP contribution in [-0.2, 0) is 5.33 Å². The molecule has 0 aliphatic heterocycles. The van der Waals surface area contributed by atoms with Gasteiger partial charge in [0, 0.05) is 12.4 Å². The number of rotatable bonds is 1. The Balaban J connectivity index is 0.000000845. The molecule has 0 atom stereocenters.